The smallest absolute Gasteiger partial charge is 0.263 e. The number of aryl methyl sites for hydroxylation is 2. The van der Waals surface area contributed by atoms with Gasteiger partial charge in [0.1, 0.15) is 11.5 Å². The largest absolute Gasteiger partial charge is 0.497 e. The van der Waals surface area contributed by atoms with Crippen LogP contribution < -0.4 is 9.47 Å². The molecule has 0 unspecified atom stereocenters. The van der Waals surface area contributed by atoms with Crippen LogP contribution in [0.15, 0.2) is 42.5 Å². The van der Waals surface area contributed by atoms with Crippen molar-refractivity contribution in [1.82, 2.24) is 4.90 Å². The Morgan fingerprint density at radius 1 is 1.12 bits per heavy atom. The number of likely N-dealkylation sites (N-methyl/N-ethyl adjacent to an activating group) is 1. The van der Waals surface area contributed by atoms with E-state index in [0.29, 0.717) is 6.54 Å². The maximum Gasteiger partial charge on any atom is 0.263 e. The van der Waals surface area contributed by atoms with Gasteiger partial charge in [0.05, 0.1) is 7.11 Å². The van der Waals surface area contributed by atoms with Crippen molar-refractivity contribution in [2.24, 2.45) is 0 Å². The number of carbonyl (C=O) groups is 1. The quantitative estimate of drug-likeness (QED) is 0.811. The molecule has 0 heterocycles. The van der Waals surface area contributed by atoms with E-state index in [1.165, 1.54) is 5.56 Å². The van der Waals surface area contributed by atoms with Gasteiger partial charge in [-0.2, -0.15) is 0 Å². The highest BCUT2D eigenvalue weighted by molar-refractivity contribution is 5.80. The van der Waals surface area contributed by atoms with Crippen LogP contribution in [0.5, 0.6) is 11.5 Å². The molecule has 24 heavy (non-hydrogen) atoms. The van der Waals surface area contributed by atoms with Crippen LogP contribution in [0.3, 0.4) is 0 Å². The van der Waals surface area contributed by atoms with Crippen LogP contribution in [0, 0.1) is 13.8 Å². The topological polar surface area (TPSA) is 38.8 Å². The number of benzene rings is 2. The fraction of sp³-hybridized carbons (Fsp3) is 0.350. The lowest BCUT2D eigenvalue weighted by atomic mass is 10.1. The summed E-state index contributed by atoms with van der Waals surface area (Å²) in [5.74, 6) is 1.50. The lowest BCUT2D eigenvalue weighted by molar-refractivity contribution is -0.137. The van der Waals surface area contributed by atoms with Gasteiger partial charge in [-0.25, -0.2) is 0 Å². The third kappa shape index (κ3) is 4.51. The standard InChI is InChI=1S/C20H25NO3/c1-14-6-11-19(15(2)12-14)24-16(3)20(22)21(4)13-17-7-9-18(23-5)10-8-17/h6-12,16H,13H2,1-5H3/t16-/m1/s1. The maximum atomic E-state index is 12.5. The summed E-state index contributed by atoms with van der Waals surface area (Å²) in [6.45, 7) is 6.34. The Kier molecular flexibility index (Phi) is 5.85. The lowest BCUT2D eigenvalue weighted by Gasteiger charge is -2.23. The summed E-state index contributed by atoms with van der Waals surface area (Å²) < 4.78 is 11.0. The molecule has 0 N–H and O–H groups in total. The molecule has 0 bridgehead atoms. The fourth-order valence-corrected chi connectivity index (χ4v) is 2.57. The summed E-state index contributed by atoms with van der Waals surface area (Å²) >= 11 is 0. The Bertz CT molecular complexity index is 695. The van der Waals surface area contributed by atoms with E-state index in [9.17, 15) is 4.79 Å². The highest BCUT2D eigenvalue weighted by Gasteiger charge is 2.20. The van der Waals surface area contributed by atoms with Crippen LogP contribution in [-0.2, 0) is 11.3 Å². The molecule has 0 spiro atoms. The van der Waals surface area contributed by atoms with Crippen LogP contribution in [0.2, 0.25) is 0 Å². The minimum Gasteiger partial charge on any atom is -0.497 e. The molecule has 4 nitrogen and oxygen atoms in total. The molecular weight excluding hydrogens is 302 g/mol. The van der Waals surface area contributed by atoms with Crippen molar-refractivity contribution in [1.29, 1.82) is 0 Å². The average Bonchev–Trinajstić information content (AvgIpc) is 2.57. The summed E-state index contributed by atoms with van der Waals surface area (Å²) in [6, 6.07) is 13.6. The van der Waals surface area contributed by atoms with Crippen LogP contribution in [0.25, 0.3) is 0 Å². The molecule has 0 aliphatic heterocycles. The molecule has 1 atom stereocenters. The summed E-state index contributed by atoms with van der Waals surface area (Å²) in [5, 5.41) is 0. The van der Waals surface area contributed by atoms with Crippen molar-refractivity contribution in [3.05, 3.63) is 59.2 Å². The molecule has 0 radical (unpaired) electrons. The molecule has 2 rings (SSSR count). The van der Waals surface area contributed by atoms with Gasteiger partial charge in [-0.05, 0) is 50.1 Å². The zero-order chi connectivity index (χ0) is 17.7. The molecular formula is C20H25NO3. The van der Waals surface area contributed by atoms with Crippen LogP contribution >= 0.6 is 0 Å². The zero-order valence-electron chi connectivity index (χ0n) is 15.0. The molecule has 0 fully saturated rings. The van der Waals surface area contributed by atoms with Gasteiger partial charge < -0.3 is 14.4 Å². The molecule has 4 heteroatoms. The second kappa shape index (κ2) is 7.86. The molecule has 2 aromatic carbocycles. The number of nitrogens with zero attached hydrogens (tertiary/aromatic N) is 1. The molecule has 0 aliphatic rings. The van der Waals surface area contributed by atoms with E-state index in [0.717, 1.165) is 22.6 Å². The lowest BCUT2D eigenvalue weighted by Crippen LogP contribution is -2.37. The third-order valence-corrected chi connectivity index (χ3v) is 3.94. The second-order valence-corrected chi connectivity index (χ2v) is 6.07. The van der Waals surface area contributed by atoms with Crippen molar-refractivity contribution in [3.63, 3.8) is 0 Å². The number of carbonyl (C=O) groups excluding carboxylic acids is 1. The SMILES string of the molecule is COc1ccc(CN(C)C(=O)[C@@H](C)Oc2ccc(C)cc2C)cc1. The van der Waals surface area contributed by atoms with E-state index < -0.39 is 6.10 Å². The number of hydrogen-bond donors (Lipinski definition) is 0. The number of rotatable bonds is 6. The predicted octanol–water partition coefficient (Wildman–Crippen LogP) is 3.74. The van der Waals surface area contributed by atoms with Gasteiger partial charge in [0.15, 0.2) is 6.10 Å². The molecule has 128 valence electrons. The molecule has 0 saturated heterocycles. The molecule has 2 aromatic rings. The van der Waals surface area contributed by atoms with E-state index in [4.69, 9.17) is 9.47 Å². The van der Waals surface area contributed by atoms with Crippen LogP contribution in [-0.4, -0.2) is 31.1 Å². The first kappa shape index (κ1) is 17.9. The van der Waals surface area contributed by atoms with Gasteiger partial charge in [-0.15, -0.1) is 0 Å². The van der Waals surface area contributed by atoms with Gasteiger partial charge in [0, 0.05) is 13.6 Å². The number of methoxy groups -OCH3 is 1. The van der Waals surface area contributed by atoms with Gasteiger partial charge in [-0.1, -0.05) is 29.8 Å². The van der Waals surface area contributed by atoms with Crippen molar-refractivity contribution in [2.75, 3.05) is 14.2 Å². The Morgan fingerprint density at radius 3 is 2.38 bits per heavy atom. The Hall–Kier alpha value is -2.49. The van der Waals surface area contributed by atoms with Crippen molar-refractivity contribution in [3.8, 4) is 11.5 Å². The summed E-state index contributed by atoms with van der Waals surface area (Å²) in [5.41, 5.74) is 3.26. The monoisotopic (exact) mass is 327 g/mol. The van der Waals surface area contributed by atoms with Gasteiger partial charge >= 0.3 is 0 Å². The number of hydrogen-bond acceptors (Lipinski definition) is 3. The third-order valence-electron chi connectivity index (χ3n) is 3.94. The van der Waals surface area contributed by atoms with Crippen molar-refractivity contribution in [2.45, 2.75) is 33.4 Å². The molecule has 0 aliphatic carbocycles. The van der Waals surface area contributed by atoms with Crippen LogP contribution in [0.4, 0.5) is 0 Å². The first-order valence-corrected chi connectivity index (χ1v) is 8.02. The van der Waals surface area contributed by atoms with Crippen molar-refractivity contribution < 1.29 is 14.3 Å². The van der Waals surface area contributed by atoms with E-state index >= 15 is 0 Å². The molecule has 1 amide bonds. The van der Waals surface area contributed by atoms with Crippen LogP contribution in [0.1, 0.15) is 23.6 Å². The Balaban J connectivity index is 1.98. The number of ether oxygens (including phenoxy) is 2. The van der Waals surface area contributed by atoms with E-state index in [-0.39, 0.29) is 5.91 Å². The first-order chi connectivity index (χ1) is 11.4. The summed E-state index contributed by atoms with van der Waals surface area (Å²) in [6.07, 6.45) is -0.533. The second-order valence-electron chi connectivity index (χ2n) is 6.07. The van der Waals surface area contributed by atoms with Gasteiger partial charge in [0.2, 0.25) is 0 Å². The Morgan fingerprint density at radius 2 is 1.79 bits per heavy atom. The zero-order valence-corrected chi connectivity index (χ0v) is 15.0. The van der Waals surface area contributed by atoms with E-state index in [1.54, 1.807) is 26.0 Å². The summed E-state index contributed by atoms with van der Waals surface area (Å²) in [4.78, 5) is 14.2. The fourth-order valence-electron chi connectivity index (χ4n) is 2.57. The van der Waals surface area contributed by atoms with Gasteiger partial charge in [-0.3, -0.25) is 4.79 Å². The minimum atomic E-state index is -0.533. The highest BCUT2D eigenvalue weighted by Crippen LogP contribution is 2.21. The average molecular weight is 327 g/mol. The first-order valence-electron chi connectivity index (χ1n) is 8.02. The predicted molar refractivity (Wildman–Crippen MR) is 95.5 cm³/mol. The Labute approximate surface area is 144 Å². The molecule has 0 aromatic heterocycles. The van der Waals surface area contributed by atoms with Crippen molar-refractivity contribution >= 4 is 5.91 Å². The normalized spacial score (nSPS) is 11.7. The number of amides is 1. The van der Waals surface area contributed by atoms with E-state index in [1.807, 2.05) is 56.3 Å². The maximum absolute atomic E-state index is 12.5. The minimum absolute atomic E-state index is 0.0502. The van der Waals surface area contributed by atoms with Gasteiger partial charge in [0.25, 0.3) is 5.91 Å². The summed E-state index contributed by atoms with van der Waals surface area (Å²) in [7, 11) is 3.42. The molecule has 0 saturated carbocycles. The van der Waals surface area contributed by atoms with E-state index in [2.05, 4.69) is 0 Å². The highest BCUT2D eigenvalue weighted by atomic mass is 16.5.